The summed E-state index contributed by atoms with van der Waals surface area (Å²) in [5, 5.41) is 0. The summed E-state index contributed by atoms with van der Waals surface area (Å²) in [5.74, 6) is 0.943. The summed E-state index contributed by atoms with van der Waals surface area (Å²) in [7, 11) is 0.186. The molecule has 1 saturated heterocycles. The fraction of sp³-hybridized carbons (Fsp3) is 0.345. The van der Waals surface area contributed by atoms with Gasteiger partial charge in [-0.05, 0) is 55.4 Å². The lowest BCUT2D eigenvalue weighted by molar-refractivity contribution is -0.131. The van der Waals surface area contributed by atoms with E-state index in [-0.39, 0.29) is 17.2 Å². The first kappa shape index (κ1) is 26.1. The molecule has 2 heterocycles. The van der Waals surface area contributed by atoms with E-state index in [0.717, 1.165) is 43.9 Å². The molecule has 2 aliphatic heterocycles. The molecule has 1 fully saturated rings. The second-order valence-electron chi connectivity index (χ2n) is 9.89. The Morgan fingerprint density at radius 3 is 2.29 bits per heavy atom. The lowest BCUT2D eigenvalue weighted by Gasteiger charge is -2.38. The van der Waals surface area contributed by atoms with Crippen LogP contribution in [0, 0.1) is 0 Å². The Balaban J connectivity index is 1.27. The van der Waals surface area contributed by atoms with Gasteiger partial charge in [0.15, 0.2) is 0 Å². The van der Waals surface area contributed by atoms with Crippen molar-refractivity contribution in [1.82, 2.24) is 9.80 Å². The van der Waals surface area contributed by atoms with Gasteiger partial charge in [0.1, 0.15) is 5.75 Å². The van der Waals surface area contributed by atoms with Gasteiger partial charge in [0.05, 0.1) is 18.4 Å². The number of hydrogen-bond acceptors (Lipinski definition) is 6. The highest BCUT2D eigenvalue weighted by Gasteiger charge is 2.28. The van der Waals surface area contributed by atoms with Crippen molar-refractivity contribution in [2.45, 2.75) is 24.3 Å². The Hall–Kier alpha value is -3.56. The van der Waals surface area contributed by atoms with Crippen LogP contribution in [0.2, 0.25) is 0 Å². The molecule has 0 atom stereocenters. The number of sulfonamides is 1. The summed E-state index contributed by atoms with van der Waals surface area (Å²) in [5.41, 5.74) is 4.87. The molecule has 200 valence electrons. The third-order valence-electron chi connectivity index (χ3n) is 7.38. The molecule has 8 nitrogen and oxygen atoms in total. The van der Waals surface area contributed by atoms with Crippen molar-refractivity contribution in [1.29, 1.82) is 0 Å². The average Bonchev–Trinajstić information content (AvgIpc) is 2.94. The Kier molecular flexibility index (Phi) is 7.58. The number of carbonyl (C=O) groups excluding carboxylic acids is 1. The summed E-state index contributed by atoms with van der Waals surface area (Å²) in [6.45, 7) is 5.15. The van der Waals surface area contributed by atoms with Crippen molar-refractivity contribution in [3.8, 4) is 5.75 Å². The van der Waals surface area contributed by atoms with Crippen LogP contribution in [0.5, 0.6) is 5.75 Å². The number of likely N-dealkylation sites (N-methyl/N-ethyl adjacent to an activating group) is 1. The molecular weight excluding hydrogens is 500 g/mol. The number of benzene rings is 3. The van der Waals surface area contributed by atoms with Gasteiger partial charge in [-0.15, -0.1) is 0 Å². The van der Waals surface area contributed by atoms with Crippen LogP contribution in [0.1, 0.15) is 16.7 Å². The van der Waals surface area contributed by atoms with Crippen molar-refractivity contribution in [2.75, 3.05) is 56.5 Å². The Morgan fingerprint density at radius 2 is 1.61 bits per heavy atom. The molecule has 3 aromatic rings. The second-order valence-corrected chi connectivity index (χ2v) is 11.6. The van der Waals surface area contributed by atoms with Crippen LogP contribution in [0.25, 0.3) is 0 Å². The van der Waals surface area contributed by atoms with E-state index in [4.69, 9.17) is 4.74 Å². The van der Waals surface area contributed by atoms with Gasteiger partial charge in [0, 0.05) is 61.8 Å². The summed E-state index contributed by atoms with van der Waals surface area (Å²) < 4.78 is 33.4. The number of nitrogens with one attached hydrogen (secondary N) is 1. The molecule has 9 heteroatoms. The Morgan fingerprint density at radius 1 is 0.895 bits per heavy atom. The highest BCUT2D eigenvalue weighted by Crippen LogP contribution is 2.36. The van der Waals surface area contributed by atoms with Gasteiger partial charge in [-0.25, -0.2) is 8.42 Å². The average molecular weight is 535 g/mol. The standard InChI is InChI=1S/C29H34N4O4S/c1-31-16-18-32(19-17-31)27-12-13-28(37-2)25-14-15-33(21-26(25)27)29(34)20-22-8-10-23(11-9-22)30-38(35,36)24-6-4-3-5-7-24/h3-13,30H,14-21H2,1-2H3. The van der Waals surface area contributed by atoms with E-state index >= 15 is 0 Å². The molecule has 38 heavy (non-hydrogen) atoms. The van der Waals surface area contributed by atoms with Crippen molar-refractivity contribution in [3.63, 3.8) is 0 Å². The summed E-state index contributed by atoms with van der Waals surface area (Å²) >= 11 is 0. The third-order valence-corrected chi connectivity index (χ3v) is 8.77. The van der Waals surface area contributed by atoms with Crippen LogP contribution in [-0.2, 0) is 34.2 Å². The Bertz CT molecular complexity index is 1390. The number of ether oxygens (including phenoxy) is 1. The topological polar surface area (TPSA) is 82.2 Å². The van der Waals surface area contributed by atoms with Crippen LogP contribution < -0.4 is 14.4 Å². The monoisotopic (exact) mass is 534 g/mol. The smallest absolute Gasteiger partial charge is 0.261 e. The first-order chi connectivity index (χ1) is 18.3. The molecule has 1 amide bonds. The number of piperazine rings is 1. The minimum atomic E-state index is -3.66. The molecule has 3 aromatic carbocycles. The van der Waals surface area contributed by atoms with Gasteiger partial charge in [-0.3, -0.25) is 9.52 Å². The molecule has 0 spiro atoms. The van der Waals surface area contributed by atoms with Gasteiger partial charge in [0.2, 0.25) is 5.91 Å². The molecule has 0 aliphatic carbocycles. The quantitative estimate of drug-likeness (QED) is 0.501. The van der Waals surface area contributed by atoms with E-state index in [1.807, 2.05) is 4.90 Å². The van der Waals surface area contributed by atoms with Gasteiger partial charge in [0.25, 0.3) is 10.0 Å². The molecular formula is C29H34N4O4S. The maximum absolute atomic E-state index is 13.3. The van der Waals surface area contributed by atoms with E-state index in [1.54, 1.807) is 61.7 Å². The zero-order valence-electron chi connectivity index (χ0n) is 21.9. The van der Waals surface area contributed by atoms with Crippen LogP contribution in [0.4, 0.5) is 11.4 Å². The minimum Gasteiger partial charge on any atom is -0.496 e. The molecule has 5 rings (SSSR count). The van der Waals surface area contributed by atoms with E-state index < -0.39 is 10.0 Å². The molecule has 1 N–H and O–H groups in total. The number of rotatable bonds is 7. The number of fused-ring (bicyclic) bond motifs is 1. The SMILES string of the molecule is COc1ccc(N2CCN(C)CC2)c2c1CCN(C(=O)Cc1ccc(NS(=O)(=O)c3ccccc3)cc1)C2. The van der Waals surface area contributed by atoms with E-state index in [9.17, 15) is 13.2 Å². The molecule has 0 bridgehead atoms. The fourth-order valence-electron chi connectivity index (χ4n) is 5.16. The van der Waals surface area contributed by atoms with Crippen LogP contribution in [0.3, 0.4) is 0 Å². The van der Waals surface area contributed by atoms with E-state index in [2.05, 4.69) is 33.7 Å². The van der Waals surface area contributed by atoms with Gasteiger partial charge in [-0.1, -0.05) is 30.3 Å². The predicted molar refractivity (Wildman–Crippen MR) is 149 cm³/mol. The summed E-state index contributed by atoms with van der Waals surface area (Å²) in [6.07, 6.45) is 1.01. The van der Waals surface area contributed by atoms with Crippen LogP contribution in [0.15, 0.2) is 71.6 Å². The molecule has 0 unspecified atom stereocenters. The lowest BCUT2D eigenvalue weighted by atomic mass is 9.95. The fourth-order valence-corrected chi connectivity index (χ4v) is 6.24. The van der Waals surface area contributed by atoms with Gasteiger partial charge in [-0.2, -0.15) is 0 Å². The van der Waals surface area contributed by atoms with Crippen molar-refractivity contribution >= 4 is 27.3 Å². The van der Waals surface area contributed by atoms with Crippen LogP contribution >= 0.6 is 0 Å². The van der Waals surface area contributed by atoms with Crippen molar-refractivity contribution < 1.29 is 17.9 Å². The highest BCUT2D eigenvalue weighted by atomic mass is 32.2. The zero-order chi connectivity index (χ0) is 26.7. The normalized spacial score (nSPS) is 16.2. The van der Waals surface area contributed by atoms with Crippen LogP contribution in [-0.4, -0.2) is 71.0 Å². The number of nitrogens with zero attached hydrogens (tertiary/aromatic N) is 3. The third kappa shape index (κ3) is 5.63. The second kappa shape index (κ2) is 11.0. The highest BCUT2D eigenvalue weighted by molar-refractivity contribution is 7.92. The Labute approximate surface area is 224 Å². The predicted octanol–water partition coefficient (Wildman–Crippen LogP) is 3.38. The maximum Gasteiger partial charge on any atom is 0.261 e. The first-order valence-corrected chi connectivity index (χ1v) is 14.4. The summed E-state index contributed by atoms with van der Waals surface area (Å²) in [6, 6.07) is 19.4. The van der Waals surface area contributed by atoms with E-state index in [0.29, 0.717) is 18.8 Å². The minimum absolute atomic E-state index is 0.0559. The number of carbonyl (C=O) groups is 1. The maximum atomic E-state index is 13.3. The lowest BCUT2D eigenvalue weighted by Crippen LogP contribution is -2.45. The number of methoxy groups -OCH3 is 1. The van der Waals surface area contributed by atoms with Crippen molar-refractivity contribution in [2.24, 2.45) is 0 Å². The zero-order valence-corrected chi connectivity index (χ0v) is 22.7. The molecule has 0 radical (unpaired) electrons. The van der Waals surface area contributed by atoms with Gasteiger partial charge < -0.3 is 19.4 Å². The molecule has 2 aliphatic rings. The first-order valence-electron chi connectivity index (χ1n) is 12.9. The number of anilines is 2. The molecule has 0 saturated carbocycles. The molecule has 0 aromatic heterocycles. The van der Waals surface area contributed by atoms with E-state index in [1.165, 1.54) is 16.8 Å². The largest absolute Gasteiger partial charge is 0.496 e. The summed E-state index contributed by atoms with van der Waals surface area (Å²) in [4.78, 5) is 20.2. The van der Waals surface area contributed by atoms with Gasteiger partial charge >= 0.3 is 0 Å². The van der Waals surface area contributed by atoms with Crippen molar-refractivity contribution in [3.05, 3.63) is 83.4 Å². The number of hydrogen-bond donors (Lipinski definition) is 1. The number of amides is 1.